The van der Waals surface area contributed by atoms with Crippen LogP contribution in [0, 0.1) is 0 Å². The molecule has 0 N–H and O–H groups in total. The Hall–Kier alpha value is -2.81. The van der Waals surface area contributed by atoms with Gasteiger partial charge in [0, 0.05) is 5.56 Å². The maximum Gasteiger partial charge on any atom is 0.433 e. The summed E-state index contributed by atoms with van der Waals surface area (Å²) < 4.78 is 49.4. The second-order valence-corrected chi connectivity index (χ2v) is 6.27. The monoisotopic (exact) mass is 394 g/mol. The molecule has 0 saturated heterocycles. The van der Waals surface area contributed by atoms with Gasteiger partial charge >= 0.3 is 12.1 Å². The van der Waals surface area contributed by atoms with E-state index in [0.717, 1.165) is 17.8 Å². The molecule has 0 bridgehead atoms. The maximum absolute atomic E-state index is 13.2. The van der Waals surface area contributed by atoms with Gasteiger partial charge in [0.2, 0.25) is 5.76 Å². The molecule has 0 aliphatic heterocycles. The van der Waals surface area contributed by atoms with Crippen molar-refractivity contribution < 1.29 is 27.1 Å². The summed E-state index contributed by atoms with van der Waals surface area (Å²) in [6, 6.07) is 12.4. The van der Waals surface area contributed by atoms with E-state index in [1.54, 1.807) is 36.4 Å². The molecule has 3 aromatic rings. The maximum atomic E-state index is 13.2. The first-order chi connectivity index (χ1) is 12.9. The molecule has 0 unspecified atom stereocenters. The number of carbonyl (C=O) groups excluding carboxylic acids is 1. The highest BCUT2D eigenvalue weighted by Crippen LogP contribution is 2.32. The molecule has 3 rings (SSSR count). The van der Waals surface area contributed by atoms with Gasteiger partial charge in [0.25, 0.3) is 0 Å². The Kier molecular flexibility index (Phi) is 5.50. The van der Waals surface area contributed by atoms with E-state index in [4.69, 9.17) is 4.42 Å². The van der Waals surface area contributed by atoms with Crippen LogP contribution in [0.4, 0.5) is 13.2 Å². The number of rotatable bonds is 5. The fraction of sp³-hybridized carbons (Fsp3) is 0.167. The third-order valence-electron chi connectivity index (χ3n) is 3.46. The molecule has 2 aromatic heterocycles. The Morgan fingerprint density at radius 3 is 2.56 bits per heavy atom. The van der Waals surface area contributed by atoms with Crippen molar-refractivity contribution in [2.24, 2.45) is 0 Å². The van der Waals surface area contributed by atoms with Gasteiger partial charge in [-0.2, -0.15) is 13.2 Å². The number of carbonyl (C=O) groups is 1. The second-order valence-electron chi connectivity index (χ2n) is 5.33. The molecule has 0 spiro atoms. The fourth-order valence-corrected chi connectivity index (χ4v) is 2.95. The van der Waals surface area contributed by atoms with Crippen molar-refractivity contribution in [3.63, 3.8) is 0 Å². The number of thioether (sulfide) groups is 1. The molecule has 5 nitrogen and oxygen atoms in total. The van der Waals surface area contributed by atoms with Crippen LogP contribution in [0.15, 0.2) is 58.1 Å². The van der Waals surface area contributed by atoms with Crippen LogP contribution in [0.2, 0.25) is 0 Å². The third kappa shape index (κ3) is 4.68. The summed E-state index contributed by atoms with van der Waals surface area (Å²) in [5.41, 5.74) is -0.290. The number of esters is 1. The minimum atomic E-state index is -4.59. The molecule has 0 aliphatic rings. The lowest BCUT2D eigenvalue weighted by Crippen LogP contribution is -2.10. The Bertz CT molecular complexity index is 943. The van der Waals surface area contributed by atoms with Gasteiger partial charge in [0.05, 0.1) is 18.6 Å². The number of nitrogens with zero attached hydrogens (tertiary/aromatic N) is 2. The van der Waals surface area contributed by atoms with Crippen LogP contribution in [-0.2, 0) is 16.7 Å². The first-order valence-corrected chi connectivity index (χ1v) is 8.67. The molecule has 0 radical (unpaired) electrons. The SMILES string of the molecule is COC(=O)c1ccc(CSc2nc(-c3ccccc3)cc(C(F)(F)F)n2)o1. The Morgan fingerprint density at radius 2 is 1.89 bits per heavy atom. The van der Waals surface area contributed by atoms with Crippen LogP contribution in [0.5, 0.6) is 0 Å². The van der Waals surface area contributed by atoms with E-state index in [1.165, 1.54) is 13.2 Å². The van der Waals surface area contributed by atoms with E-state index in [1.807, 2.05) is 0 Å². The normalized spacial score (nSPS) is 11.4. The van der Waals surface area contributed by atoms with Gasteiger partial charge in [-0.1, -0.05) is 42.1 Å². The van der Waals surface area contributed by atoms with Crippen molar-refractivity contribution in [3.8, 4) is 11.3 Å². The van der Waals surface area contributed by atoms with Crippen LogP contribution in [0.25, 0.3) is 11.3 Å². The summed E-state index contributed by atoms with van der Waals surface area (Å²) in [7, 11) is 1.22. The molecule has 0 saturated carbocycles. The summed E-state index contributed by atoms with van der Waals surface area (Å²) in [5.74, 6) is -0.0642. The van der Waals surface area contributed by atoms with Crippen molar-refractivity contribution in [1.29, 1.82) is 0 Å². The Morgan fingerprint density at radius 1 is 1.15 bits per heavy atom. The largest absolute Gasteiger partial charge is 0.463 e. The smallest absolute Gasteiger partial charge is 0.433 e. The molecule has 0 aliphatic carbocycles. The molecule has 0 amide bonds. The number of ether oxygens (including phenoxy) is 1. The second kappa shape index (κ2) is 7.83. The third-order valence-corrected chi connectivity index (χ3v) is 4.33. The minimum absolute atomic E-state index is 0.0167. The first kappa shape index (κ1) is 19.0. The first-order valence-electron chi connectivity index (χ1n) is 7.68. The summed E-state index contributed by atoms with van der Waals surface area (Å²) in [6.45, 7) is 0. The highest BCUT2D eigenvalue weighted by molar-refractivity contribution is 7.98. The number of methoxy groups -OCH3 is 1. The molecule has 140 valence electrons. The summed E-state index contributed by atoms with van der Waals surface area (Å²) in [6.07, 6.45) is -4.59. The van der Waals surface area contributed by atoms with Gasteiger partial charge in [-0.05, 0) is 18.2 Å². The number of furan rings is 1. The van der Waals surface area contributed by atoms with E-state index in [0.29, 0.717) is 11.3 Å². The van der Waals surface area contributed by atoms with E-state index >= 15 is 0 Å². The van der Waals surface area contributed by atoms with E-state index < -0.39 is 17.8 Å². The number of benzene rings is 1. The van der Waals surface area contributed by atoms with E-state index in [9.17, 15) is 18.0 Å². The summed E-state index contributed by atoms with van der Waals surface area (Å²) in [5, 5.41) is -0.0419. The number of aromatic nitrogens is 2. The van der Waals surface area contributed by atoms with Crippen molar-refractivity contribution >= 4 is 17.7 Å². The lowest BCUT2D eigenvalue weighted by atomic mass is 10.1. The standard InChI is InChI=1S/C18H13F3N2O3S/c1-25-16(24)14-8-7-12(26-14)10-27-17-22-13(11-5-3-2-4-6-11)9-15(23-17)18(19,20)21/h2-9H,10H2,1H3. The van der Waals surface area contributed by atoms with Crippen LogP contribution in [-0.4, -0.2) is 23.0 Å². The van der Waals surface area contributed by atoms with Crippen molar-refractivity contribution in [3.05, 3.63) is 65.7 Å². The number of halogens is 3. The Labute approximate surface area is 156 Å². The Balaban J connectivity index is 1.86. The molecule has 1 aromatic carbocycles. The van der Waals surface area contributed by atoms with Crippen molar-refractivity contribution in [1.82, 2.24) is 9.97 Å². The van der Waals surface area contributed by atoms with Crippen molar-refractivity contribution in [2.75, 3.05) is 7.11 Å². The predicted molar refractivity (Wildman–Crippen MR) is 92.1 cm³/mol. The molecule has 0 fully saturated rings. The number of hydrogen-bond acceptors (Lipinski definition) is 6. The lowest BCUT2D eigenvalue weighted by Gasteiger charge is -2.10. The molecule has 9 heteroatoms. The molecule has 27 heavy (non-hydrogen) atoms. The van der Waals surface area contributed by atoms with Crippen LogP contribution in [0.1, 0.15) is 22.0 Å². The molecular formula is C18H13F3N2O3S. The van der Waals surface area contributed by atoms with Crippen LogP contribution < -0.4 is 0 Å². The average Bonchev–Trinajstić information content (AvgIpc) is 3.14. The average molecular weight is 394 g/mol. The quantitative estimate of drug-likeness (QED) is 0.351. The highest BCUT2D eigenvalue weighted by Gasteiger charge is 2.33. The summed E-state index contributed by atoms with van der Waals surface area (Å²) >= 11 is 0.977. The molecular weight excluding hydrogens is 381 g/mol. The fourth-order valence-electron chi connectivity index (χ4n) is 2.19. The predicted octanol–water partition coefficient (Wildman–Crippen LogP) is 4.83. The van der Waals surface area contributed by atoms with Gasteiger partial charge in [0.15, 0.2) is 5.16 Å². The zero-order valence-electron chi connectivity index (χ0n) is 14.0. The van der Waals surface area contributed by atoms with Gasteiger partial charge in [-0.15, -0.1) is 0 Å². The topological polar surface area (TPSA) is 65.2 Å². The molecule has 0 atom stereocenters. The highest BCUT2D eigenvalue weighted by atomic mass is 32.2. The van der Waals surface area contributed by atoms with Gasteiger partial charge in [-0.25, -0.2) is 14.8 Å². The lowest BCUT2D eigenvalue weighted by molar-refractivity contribution is -0.141. The van der Waals surface area contributed by atoms with Gasteiger partial charge in [0.1, 0.15) is 11.5 Å². The van der Waals surface area contributed by atoms with Crippen LogP contribution in [0.3, 0.4) is 0 Å². The van der Waals surface area contributed by atoms with E-state index in [2.05, 4.69) is 14.7 Å². The molecule has 2 heterocycles. The van der Waals surface area contributed by atoms with Gasteiger partial charge in [-0.3, -0.25) is 0 Å². The van der Waals surface area contributed by atoms with E-state index in [-0.39, 0.29) is 22.4 Å². The number of hydrogen-bond donors (Lipinski definition) is 0. The van der Waals surface area contributed by atoms with Crippen LogP contribution >= 0.6 is 11.8 Å². The van der Waals surface area contributed by atoms with Crippen molar-refractivity contribution in [2.45, 2.75) is 17.1 Å². The zero-order chi connectivity index (χ0) is 19.4. The summed E-state index contributed by atoms with van der Waals surface area (Å²) in [4.78, 5) is 19.2. The minimum Gasteiger partial charge on any atom is -0.463 e. The zero-order valence-corrected chi connectivity index (χ0v) is 14.8. The number of alkyl halides is 3. The van der Waals surface area contributed by atoms with Gasteiger partial charge < -0.3 is 9.15 Å².